The van der Waals surface area contributed by atoms with E-state index in [1.54, 1.807) is 17.0 Å². The number of anilines is 1. The third-order valence-electron chi connectivity index (χ3n) is 8.44. The van der Waals surface area contributed by atoms with Crippen LogP contribution in [-0.4, -0.2) is 57.6 Å². The third-order valence-corrected chi connectivity index (χ3v) is 8.44. The van der Waals surface area contributed by atoms with E-state index in [1.807, 2.05) is 30.3 Å². The van der Waals surface area contributed by atoms with Crippen molar-refractivity contribution in [2.45, 2.75) is 30.9 Å². The Morgan fingerprint density at radius 3 is 2.68 bits per heavy atom. The molecule has 2 unspecified atom stereocenters. The normalized spacial score (nSPS) is 21.8. The maximum Gasteiger partial charge on any atom is 0.405 e. The van der Waals surface area contributed by atoms with Crippen LogP contribution < -0.4 is 4.90 Å². The molecule has 7 rings (SSSR count). The number of fused-ring (bicyclic) bond motifs is 3. The average molecular weight is 560 g/mol. The fraction of sp³-hybridized carbons (Fsp3) is 0.300. The minimum atomic E-state index is -4.74. The molecule has 0 radical (unpaired) electrons. The van der Waals surface area contributed by atoms with Crippen molar-refractivity contribution in [1.29, 1.82) is 0 Å². The smallest absolute Gasteiger partial charge is 0.341 e. The molecule has 2 aromatic heterocycles. The predicted molar refractivity (Wildman–Crippen MR) is 142 cm³/mol. The summed E-state index contributed by atoms with van der Waals surface area (Å²) in [6, 6.07) is 17.2. The maximum atomic E-state index is 14.5. The highest BCUT2D eigenvalue weighted by atomic mass is 19.4. The molecule has 2 amide bonds. The van der Waals surface area contributed by atoms with Gasteiger partial charge in [0.05, 0.1) is 5.92 Å². The molecule has 2 aromatic carbocycles. The van der Waals surface area contributed by atoms with E-state index in [9.17, 15) is 22.8 Å². The topological polar surface area (TPSA) is 92.4 Å². The number of amides is 2. The first kappa shape index (κ1) is 25.4. The van der Waals surface area contributed by atoms with E-state index < -0.39 is 42.3 Å². The zero-order chi connectivity index (χ0) is 28.4. The van der Waals surface area contributed by atoms with Crippen LogP contribution in [0.2, 0.25) is 0 Å². The van der Waals surface area contributed by atoms with Crippen LogP contribution in [0.4, 0.5) is 18.9 Å². The summed E-state index contributed by atoms with van der Waals surface area (Å²) in [5.74, 6) is -2.03. The highest BCUT2D eigenvalue weighted by molar-refractivity contribution is 6.01. The molecule has 41 heavy (non-hydrogen) atoms. The Labute approximate surface area is 232 Å². The molecule has 2 aliphatic heterocycles. The minimum Gasteiger partial charge on any atom is -0.341 e. The Balaban J connectivity index is 1.09. The van der Waals surface area contributed by atoms with Crippen LogP contribution in [0.15, 0.2) is 71.5 Å². The number of rotatable bonds is 4. The molecule has 8 nitrogen and oxygen atoms in total. The molecule has 11 heteroatoms. The average Bonchev–Trinajstić information content (AvgIpc) is 3.77. The summed E-state index contributed by atoms with van der Waals surface area (Å²) in [5.41, 5.74) is 3.24. The van der Waals surface area contributed by atoms with Gasteiger partial charge in [-0.15, -0.1) is 0 Å². The van der Waals surface area contributed by atoms with Crippen molar-refractivity contribution < 1.29 is 27.3 Å². The Morgan fingerprint density at radius 2 is 1.88 bits per heavy atom. The van der Waals surface area contributed by atoms with Crippen LogP contribution >= 0.6 is 0 Å². The lowest BCUT2D eigenvalue weighted by Crippen LogP contribution is -2.46. The van der Waals surface area contributed by atoms with Gasteiger partial charge in [0.1, 0.15) is 0 Å². The molecule has 1 aliphatic carbocycles. The van der Waals surface area contributed by atoms with E-state index in [1.165, 1.54) is 28.4 Å². The van der Waals surface area contributed by atoms with Crippen LogP contribution in [0.3, 0.4) is 0 Å². The van der Waals surface area contributed by atoms with Gasteiger partial charge in [0, 0.05) is 49.7 Å². The van der Waals surface area contributed by atoms with Gasteiger partial charge in [-0.1, -0.05) is 35.5 Å². The highest BCUT2D eigenvalue weighted by Gasteiger charge is 2.64. The van der Waals surface area contributed by atoms with Gasteiger partial charge >= 0.3 is 6.18 Å². The van der Waals surface area contributed by atoms with Gasteiger partial charge in [-0.05, 0) is 59.4 Å². The van der Waals surface area contributed by atoms with E-state index in [0.29, 0.717) is 11.3 Å². The number of aromatic nitrogens is 3. The Morgan fingerprint density at radius 1 is 1.05 bits per heavy atom. The maximum absolute atomic E-state index is 14.5. The second-order valence-electron chi connectivity index (χ2n) is 10.8. The minimum absolute atomic E-state index is 0.00373. The Hall–Kier alpha value is -4.54. The first-order valence-electron chi connectivity index (χ1n) is 13.4. The number of hydrogen-bond donors (Lipinski definition) is 0. The summed E-state index contributed by atoms with van der Waals surface area (Å²) < 4.78 is 48.7. The van der Waals surface area contributed by atoms with Crippen molar-refractivity contribution >= 4 is 17.5 Å². The van der Waals surface area contributed by atoms with Gasteiger partial charge in [-0.25, -0.2) is 0 Å². The van der Waals surface area contributed by atoms with E-state index in [-0.39, 0.29) is 31.2 Å². The molecule has 4 heterocycles. The van der Waals surface area contributed by atoms with Crippen molar-refractivity contribution in [3.8, 4) is 22.5 Å². The molecular formula is C30H24F3N5O3. The van der Waals surface area contributed by atoms with Crippen molar-refractivity contribution in [3.63, 3.8) is 0 Å². The number of nitrogens with zero attached hydrogens (tertiary/aromatic N) is 5. The lowest BCUT2D eigenvalue weighted by Gasteiger charge is -2.28. The standard InChI is InChI=1S/C30H24F3N5O3/c31-30(32,33)29(28-35-26(36-41-28)19-5-3-10-34-15-19)9-11-37(17-29)27(40)21-14-25(39)38(16-21)22-7-8-24-20(13-22)12-18-4-1-2-6-23(18)24/h1-8,10,13,15,21H,9,11-12,14,16-17H2. The number of alkyl halides is 3. The fourth-order valence-electron chi connectivity index (χ4n) is 6.24. The second kappa shape index (κ2) is 9.25. The molecule has 208 valence electrons. The Bertz CT molecular complexity index is 1670. The van der Waals surface area contributed by atoms with Gasteiger partial charge in [-0.3, -0.25) is 14.6 Å². The van der Waals surface area contributed by atoms with Crippen LogP contribution in [0.5, 0.6) is 0 Å². The molecule has 4 aromatic rings. The van der Waals surface area contributed by atoms with Gasteiger partial charge in [0.25, 0.3) is 0 Å². The highest BCUT2D eigenvalue weighted by Crippen LogP contribution is 2.48. The monoisotopic (exact) mass is 559 g/mol. The van der Waals surface area contributed by atoms with E-state index >= 15 is 0 Å². The molecule has 3 aliphatic rings. The van der Waals surface area contributed by atoms with Crippen molar-refractivity contribution in [1.82, 2.24) is 20.0 Å². The van der Waals surface area contributed by atoms with E-state index in [0.717, 1.165) is 17.5 Å². The van der Waals surface area contributed by atoms with Crippen molar-refractivity contribution in [2.75, 3.05) is 24.5 Å². The number of hydrogen-bond acceptors (Lipinski definition) is 6. The molecule has 0 N–H and O–H groups in total. The van der Waals surface area contributed by atoms with Crippen LogP contribution in [0.25, 0.3) is 22.5 Å². The SMILES string of the molecule is O=C(C1CC(=O)N(c2ccc3c(c2)Cc2ccccc2-3)C1)N1CCC(c2nc(-c3cccnc3)no2)(C(F)(F)F)C1. The van der Waals surface area contributed by atoms with E-state index in [2.05, 4.69) is 27.3 Å². The number of halogens is 3. The third kappa shape index (κ3) is 4.10. The molecular weight excluding hydrogens is 535 g/mol. The van der Waals surface area contributed by atoms with Crippen LogP contribution in [-0.2, 0) is 21.4 Å². The van der Waals surface area contributed by atoms with E-state index in [4.69, 9.17) is 4.52 Å². The first-order chi connectivity index (χ1) is 19.7. The molecule has 2 saturated heterocycles. The summed E-state index contributed by atoms with van der Waals surface area (Å²) in [5, 5.41) is 3.75. The number of likely N-dealkylation sites (tertiary alicyclic amines) is 1. The number of carbonyl (C=O) groups excluding carboxylic acids is 2. The first-order valence-corrected chi connectivity index (χ1v) is 13.4. The lowest BCUT2D eigenvalue weighted by molar-refractivity contribution is -0.194. The van der Waals surface area contributed by atoms with Gasteiger partial charge in [-0.2, -0.15) is 18.2 Å². The summed E-state index contributed by atoms with van der Waals surface area (Å²) >= 11 is 0. The van der Waals surface area contributed by atoms with Crippen LogP contribution in [0, 0.1) is 5.92 Å². The Kier molecular flexibility index (Phi) is 5.74. The van der Waals surface area contributed by atoms with Gasteiger partial charge in [0.2, 0.25) is 23.5 Å². The van der Waals surface area contributed by atoms with Crippen molar-refractivity contribution in [3.05, 3.63) is 84.0 Å². The van der Waals surface area contributed by atoms with Gasteiger partial charge < -0.3 is 14.3 Å². The number of carbonyl (C=O) groups is 2. The zero-order valence-electron chi connectivity index (χ0n) is 21.8. The molecule has 2 fully saturated rings. The molecule has 0 bridgehead atoms. The quantitative estimate of drug-likeness (QED) is 0.315. The summed E-state index contributed by atoms with van der Waals surface area (Å²) in [6.45, 7) is -0.665. The largest absolute Gasteiger partial charge is 0.405 e. The number of benzene rings is 2. The molecule has 2 atom stereocenters. The van der Waals surface area contributed by atoms with Crippen molar-refractivity contribution in [2.24, 2.45) is 5.92 Å². The summed E-state index contributed by atoms with van der Waals surface area (Å²) in [4.78, 5) is 37.2. The van der Waals surface area contributed by atoms with Crippen LogP contribution in [0.1, 0.15) is 29.9 Å². The summed E-state index contributed by atoms with van der Waals surface area (Å²) in [6.07, 6.45) is -1.48. The van der Waals surface area contributed by atoms with Gasteiger partial charge in [0.15, 0.2) is 5.41 Å². The fourth-order valence-corrected chi connectivity index (χ4v) is 6.24. The number of pyridine rings is 1. The molecule has 0 spiro atoms. The molecule has 0 saturated carbocycles. The zero-order valence-corrected chi connectivity index (χ0v) is 21.8. The predicted octanol–water partition coefficient (Wildman–Crippen LogP) is 4.79. The second-order valence-corrected chi connectivity index (χ2v) is 10.8. The lowest BCUT2D eigenvalue weighted by atomic mass is 9.86. The summed E-state index contributed by atoms with van der Waals surface area (Å²) in [7, 11) is 0.